The van der Waals surface area contributed by atoms with Crippen LogP contribution in [0.15, 0.2) is 60.9 Å². The molecule has 39 heavy (non-hydrogen) atoms. The van der Waals surface area contributed by atoms with E-state index in [1.165, 1.54) is 5.56 Å². The van der Waals surface area contributed by atoms with Gasteiger partial charge in [-0.15, -0.1) is 0 Å². The largest absolute Gasteiger partial charge is 0.486 e. The summed E-state index contributed by atoms with van der Waals surface area (Å²) in [5.74, 6) is 2.83. The van der Waals surface area contributed by atoms with E-state index in [1.54, 1.807) is 0 Å². The number of imidazole rings is 2. The van der Waals surface area contributed by atoms with E-state index in [4.69, 9.17) is 9.72 Å². The molecule has 8 nitrogen and oxygen atoms in total. The summed E-state index contributed by atoms with van der Waals surface area (Å²) < 4.78 is 6.27. The van der Waals surface area contributed by atoms with Crippen LogP contribution >= 0.6 is 0 Å². The van der Waals surface area contributed by atoms with E-state index in [1.807, 2.05) is 19.4 Å². The number of nitrogens with one attached hydrogen (secondary N) is 3. The van der Waals surface area contributed by atoms with Gasteiger partial charge in [0, 0.05) is 34.7 Å². The normalized spacial score (nSPS) is 12.8. The quantitative estimate of drug-likeness (QED) is 0.222. The number of benzene rings is 4. The molecule has 0 radical (unpaired) electrons. The Hall–Kier alpha value is -4.98. The first-order valence-electron chi connectivity index (χ1n) is 13.1. The Morgan fingerprint density at radius 2 is 1.59 bits per heavy atom. The maximum absolute atomic E-state index is 6.27. The van der Waals surface area contributed by atoms with Crippen LogP contribution in [0.1, 0.15) is 31.2 Å². The number of rotatable bonds is 3. The van der Waals surface area contributed by atoms with E-state index >= 15 is 0 Å². The highest BCUT2D eigenvalue weighted by Gasteiger charge is 2.22. The van der Waals surface area contributed by atoms with E-state index < -0.39 is 0 Å². The molecule has 0 atom stereocenters. The molecule has 0 amide bonds. The van der Waals surface area contributed by atoms with Crippen molar-refractivity contribution >= 4 is 49.6 Å². The van der Waals surface area contributed by atoms with Crippen LogP contribution in [0.4, 0.5) is 5.95 Å². The topological polar surface area (TPSA) is 104 Å². The zero-order valence-corrected chi connectivity index (χ0v) is 21.8. The number of fused-ring (bicyclic) bond motifs is 11. The van der Waals surface area contributed by atoms with Gasteiger partial charge in [-0.2, -0.15) is 10.2 Å². The van der Waals surface area contributed by atoms with Crippen LogP contribution in [0.3, 0.4) is 0 Å². The summed E-state index contributed by atoms with van der Waals surface area (Å²) in [5.41, 5.74) is 9.48. The highest BCUT2D eigenvalue weighted by molar-refractivity contribution is 6.23. The van der Waals surface area contributed by atoms with Gasteiger partial charge in [0.1, 0.15) is 17.9 Å². The summed E-state index contributed by atoms with van der Waals surface area (Å²) in [6.45, 7) is 4.79. The van der Waals surface area contributed by atoms with Crippen molar-refractivity contribution in [3.63, 3.8) is 0 Å². The van der Waals surface area contributed by atoms with E-state index in [0.717, 1.165) is 83.4 Å². The maximum Gasteiger partial charge on any atom is 0.201 e. The summed E-state index contributed by atoms with van der Waals surface area (Å²) in [5, 5.41) is 15.8. The molecule has 0 bridgehead atoms. The number of hydrogen-bond donors (Lipinski definition) is 3. The first-order chi connectivity index (χ1) is 19.1. The van der Waals surface area contributed by atoms with E-state index in [2.05, 4.69) is 92.8 Å². The summed E-state index contributed by atoms with van der Waals surface area (Å²) in [6.07, 6.45) is 3.66. The number of nitrogens with zero attached hydrogens (tertiary/aromatic N) is 4. The summed E-state index contributed by atoms with van der Waals surface area (Å²) in [7, 11) is 1.85. The molecule has 0 saturated heterocycles. The molecule has 0 unspecified atom stereocenters. The highest BCUT2D eigenvalue weighted by atomic mass is 16.5. The molecule has 0 spiro atoms. The molecule has 3 N–H and O–H groups in total. The van der Waals surface area contributed by atoms with Crippen molar-refractivity contribution in [2.45, 2.75) is 26.4 Å². The number of anilines is 1. The number of H-pyrrole nitrogens is 2. The van der Waals surface area contributed by atoms with Crippen molar-refractivity contribution in [1.82, 2.24) is 30.1 Å². The maximum atomic E-state index is 6.27. The Morgan fingerprint density at radius 1 is 0.795 bits per heavy atom. The van der Waals surface area contributed by atoms with Gasteiger partial charge in [-0.25, -0.2) is 9.97 Å². The standard InChI is InChI=1S/C31H25N7O/c1-15(2)30-36-26-20-7-5-17(11-22(20)23-12-33-34-13-24(23)27(26)37-30)16-4-6-19-18(10-16)14-39-29-21(19)8-9-25-28(29)38-31(32-3)35-25/h4-13,15H,14H2,1-3H3,(H,36,37)(H2,32,35,38). The molecule has 0 fully saturated rings. The molecule has 7 aromatic rings. The fraction of sp³-hybridized carbons (Fsp3) is 0.161. The molecular formula is C31H25N7O. The van der Waals surface area contributed by atoms with Crippen molar-refractivity contribution in [1.29, 1.82) is 0 Å². The molecule has 8 rings (SSSR count). The Labute approximate surface area is 223 Å². The van der Waals surface area contributed by atoms with Gasteiger partial charge in [0.25, 0.3) is 0 Å². The minimum Gasteiger partial charge on any atom is -0.486 e. The van der Waals surface area contributed by atoms with E-state index in [-0.39, 0.29) is 0 Å². The van der Waals surface area contributed by atoms with Gasteiger partial charge < -0.3 is 20.0 Å². The Balaban J connectivity index is 1.28. The third kappa shape index (κ3) is 3.18. The van der Waals surface area contributed by atoms with Crippen LogP contribution in [0, 0.1) is 0 Å². The first kappa shape index (κ1) is 22.0. The van der Waals surface area contributed by atoms with Gasteiger partial charge >= 0.3 is 0 Å². The predicted molar refractivity (Wildman–Crippen MR) is 155 cm³/mol. The molecule has 190 valence electrons. The lowest BCUT2D eigenvalue weighted by atomic mass is 9.91. The Bertz CT molecular complexity index is 2100. The Morgan fingerprint density at radius 3 is 2.44 bits per heavy atom. The fourth-order valence-corrected chi connectivity index (χ4v) is 5.78. The minimum absolute atomic E-state index is 0.300. The van der Waals surface area contributed by atoms with Gasteiger partial charge in [0.15, 0.2) is 5.75 Å². The summed E-state index contributed by atoms with van der Waals surface area (Å²) in [4.78, 5) is 16.4. The lowest BCUT2D eigenvalue weighted by molar-refractivity contribution is 0.305. The number of ether oxygens (including phenoxy) is 1. The SMILES string of the molecule is CNc1nc2c3c(ccc2[nH]1)-c1ccc(-c2ccc4c(c2)c2cnncc2c2nc(C(C)C)[nH]c42)cc1CO3. The lowest BCUT2D eigenvalue weighted by Gasteiger charge is -2.22. The third-order valence-electron chi connectivity index (χ3n) is 7.78. The van der Waals surface area contributed by atoms with Crippen LogP contribution < -0.4 is 10.1 Å². The molecule has 1 aliphatic rings. The van der Waals surface area contributed by atoms with Crippen molar-refractivity contribution in [3.8, 4) is 28.0 Å². The van der Waals surface area contributed by atoms with Gasteiger partial charge in [-0.3, -0.25) is 0 Å². The lowest BCUT2D eigenvalue weighted by Crippen LogP contribution is -2.06. The fourth-order valence-electron chi connectivity index (χ4n) is 5.78. The van der Waals surface area contributed by atoms with Crippen LogP contribution in [0.5, 0.6) is 5.75 Å². The van der Waals surface area contributed by atoms with E-state index in [0.29, 0.717) is 12.5 Å². The zero-order valence-electron chi connectivity index (χ0n) is 21.8. The molecule has 8 heteroatoms. The summed E-state index contributed by atoms with van der Waals surface area (Å²) in [6, 6.07) is 17.4. The number of aromatic amines is 2. The molecule has 4 heterocycles. The van der Waals surface area contributed by atoms with Crippen LogP contribution in [-0.2, 0) is 6.61 Å². The van der Waals surface area contributed by atoms with Crippen molar-refractivity contribution < 1.29 is 4.74 Å². The number of hydrogen-bond acceptors (Lipinski definition) is 6. The predicted octanol–water partition coefficient (Wildman–Crippen LogP) is 6.93. The monoisotopic (exact) mass is 511 g/mol. The van der Waals surface area contributed by atoms with Gasteiger partial charge in [0.2, 0.25) is 5.95 Å². The second kappa shape index (κ2) is 8.01. The van der Waals surface area contributed by atoms with Crippen molar-refractivity contribution in [2.75, 3.05) is 12.4 Å². The molecule has 1 aliphatic heterocycles. The van der Waals surface area contributed by atoms with Crippen LogP contribution in [0.2, 0.25) is 0 Å². The molecule has 0 saturated carbocycles. The highest BCUT2D eigenvalue weighted by Crippen LogP contribution is 2.43. The van der Waals surface area contributed by atoms with Gasteiger partial charge in [-0.1, -0.05) is 38.1 Å². The summed E-state index contributed by atoms with van der Waals surface area (Å²) >= 11 is 0. The molecule has 0 aliphatic carbocycles. The van der Waals surface area contributed by atoms with Gasteiger partial charge in [0.05, 0.1) is 28.9 Å². The molecule has 3 aromatic heterocycles. The second-order valence-electron chi connectivity index (χ2n) is 10.4. The Kier molecular flexibility index (Phi) is 4.53. The third-order valence-corrected chi connectivity index (χ3v) is 7.78. The van der Waals surface area contributed by atoms with Crippen LogP contribution in [-0.4, -0.2) is 37.2 Å². The van der Waals surface area contributed by atoms with Crippen molar-refractivity contribution in [2.24, 2.45) is 0 Å². The second-order valence-corrected chi connectivity index (χ2v) is 10.4. The smallest absolute Gasteiger partial charge is 0.201 e. The van der Waals surface area contributed by atoms with E-state index in [9.17, 15) is 0 Å². The average molecular weight is 512 g/mol. The zero-order chi connectivity index (χ0) is 26.2. The van der Waals surface area contributed by atoms with Gasteiger partial charge in [-0.05, 0) is 51.9 Å². The van der Waals surface area contributed by atoms with Crippen LogP contribution in [0.25, 0.3) is 65.9 Å². The minimum atomic E-state index is 0.300. The molecule has 4 aromatic carbocycles. The first-order valence-corrected chi connectivity index (χ1v) is 13.1. The molecular weight excluding hydrogens is 486 g/mol. The van der Waals surface area contributed by atoms with Crippen molar-refractivity contribution in [3.05, 3.63) is 72.3 Å². The number of aromatic nitrogens is 6. The average Bonchev–Trinajstić information content (AvgIpc) is 3.62.